The Bertz CT molecular complexity index is 825. The number of aryl methyl sites for hydroxylation is 1. The Morgan fingerprint density at radius 2 is 2.03 bits per heavy atom. The van der Waals surface area contributed by atoms with E-state index in [4.69, 9.17) is 4.74 Å². The van der Waals surface area contributed by atoms with E-state index in [-0.39, 0.29) is 5.82 Å². The maximum Gasteiger partial charge on any atom is 0.129 e. The molecular formula is C26H32FNO. The van der Waals surface area contributed by atoms with Crippen LogP contribution in [0.1, 0.15) is 44.7 Å². The van der Waals surface area contributed by atoms with Gasteiger partial charge >= 0.3 is 0 Å². The fraction of sp³-hybridized carbons (Fsp3) is 0.269. The van der Waals surface area contributed by atoms with Gasteiger partial charge in [-0.1, -0.05) is 62.6 Å². The van der Waals surface area contributed by atoms with Gasteiger partial charge in [-0.15, -0.1) is 0 Å². The van der Waals surface area contributed by atoms with E-state index in [9.17, 15) is 4.39 Å². The lowest BCUT2D eigenvalue weighted by Crippen LogP contribution is -1.98. The van der Waals surface area contributed by atoms with Gasteiger partial charge in [0.2, 0.25) is 0 Å². The normalized spacial score (nSPS) is 14.1. The van der Waals surface area contributed by atoms with Crippen LogP contribution in [0.4, 0.5) is 4.39 Å². The van der Waals surface area contributed by atoms with E-state index in [1.54, 1.807) is 18.2 Å². The summed E-state index contributed by atoms with van der Waals surface area (Å²) < 4.78 is 18.7. The molecule has 2 rings (SSSR count). The molecule has 0 saturated heterocycles. The van der Waals surface area contributed by atoms with E-state index in [1.807, 2.05) is 57.4 Å². The third kappa shape index (κ3) is 9.20. The van der Waals surface area contributed by atoms with Crippen molar-refractivity contribution >= 4 is 11.8 Å². The summed E-state index contributed by atoms with van der Waals surface area (Å²) in [5.74, 6) is 0.755. The van der Waals surface area contributed by atoms with Gasteiger partial charge in [-0.05, 0) is 68.0 Å². The number of allylic oxidation sites excluding steroid dienone is 9. The van der Waals surface area contributed by atoms with Gasteiger partial charge in [0, 0.05) is 6.21 Å². The molecule has 154 valence electrons. The maximum atomic E-state index is 13.2. The molecule has 0 fully saturated rings. The van der Waals surface area contributed by atoms with Gasteiger partial charge in [-0.25, -0.2) is 4.39 Å². The Balaban J connectivity index is 0.000000291. The Morgan fingerprint density at radius 1 is 1.24 bits per heavy atom. The predicted molar refractivity (Wildman–Crippen MR) is 124 cm³/mol. The molecule has 0 radical (unpaired) electrons. The third-order valence-corrected chi connectivity index (χ3v) is 4.25. The first-order chi connectivity index (χ1) is 14.0. The molecule has 0 atom stereocenters. The monoisotopic (exact) mass is 393 g/mol. The van der Waals surface area contributed by atoms with Crippen molar-refractivity contribution in [1.82, 2.24) is 0 Å². The second kappa shape index (κ2) is 14.1. The lowest BCUT2D eigenvalue weighted by Gasteiger charge is -2.08. The fourth-order valence-electron chi connectivity index (χ4n) is 2.59. The highest BCUT2D eigenvalue weighted by Crippen LogP contribution is 2.19. The number of nitrogens with zero attached hydrogens (tertiary/aromatic N) is 1. The van der Waals surface area contributed by atoms with Crippen LogP contribution in [0.2, 0.25) is 0 Å². The van der Waals surface area contributed by atoms with Gasteiger partial charge in [-0.3, -0.25) is 4.99 Å². The van der Waals surface area contributed by atoms with Gasteiger partial charge in [0.15, 0.2) is 0 Å². The molecular weight excluding hydrogens is 361 g/mol. The number of halogens is 1. The summed E-state index contributed by atoms with van der Waals surface area (Å²) in [4.78, 5) is 4.25. The van der Waals surface area contributed by atoms with E-state index in [0.717, 1.165) is 41.0 Å². The number of ether oxygens (including phenoxy) is 1. The van der Waals surface area contributed by atoms with Gasteiger partial charge in [0.25, 0.3) is 0 Å². The first kappa shape index (κ1) is 24.1. The highest BCUT2D eigenvalue weighted by atomic mass is 19.1. The lowest BCUT2D eigenvalue weighted by atomic mass is 10.0. The molecule has 0 bridgehead atoms. The molecule has 1 heterocycles. The first-order valence-electron chi connectivity index (χ1n) is 9.93. The molecule has 0 saturated carbocycles. The lowest BCUT2D eigenvalue weighted by molar-refractivity contribution is 0.240. The topological polar surface area (TPSA) is 21.6 Å². The molecule has 1 aliphatic rings. The van der Waals surface area contributed by atoms with Crippen LogP contribution in [-0.2, 0) is 11.2 Å². The van der Waals surface area contributed by atoms with Crippen molar-refractivity contribution < 1.29 is 9.13 Å². The molecule has 0 aliphatic carbocycles. The number of rotatable bonds is 8. The molecule has 3 heteroatoms. The zero-order valence-corrected chi connectivity index (χ0v) is 17.8. The van der Waals surface area contributed by atoms with E-state index in [1.165, 1.54) is 6.07 Å². The van der Waals surface area contributed by atoms with E-state index < -0.39 is 0 Å². The van der Waals surface area contributed by atoms with Crippen LogP contribution in [0, 0.1) is 5.82 Å². The first-order valence-corrected chi connectivity index (χ1v) is 9.93. The van der Waals surface area contributed by atoms with Crippen LogP contribution in [-0.4, -0.2) is 12.8 Å². The molecule has 0 N–H and O–H groups in total. The SMILES string of the molecule is C=C/C(=C\C)c1ccc(F)c(CC)c1.C=C/C=C\C=C(/C)OCC1=CCCC=N1. The number of benzene rings is 1. The number of hydrogen-bond donors (Lipinski definition) is 0. The number of aliphatic imine (C=N–C) groups is 1. The third-order valence-electron chi connectivity index (χ3n) is 4.25. The van der Waals surface area contributed by atoms with Crippen LogP contribution >= 0.6 is 0 Å². The van der Waals surface area contributed by atoms with Crippen molar-refractivity contribution in [3.05, 3.63) is 102 Å². The minimum atomic E-state index is -0.129. The van der Waals surface area contributed by atoms with Crippen molar-refractivity contribution in [1.29, 1.82) is 0 Å². The van der Waals surface area contributed by atoms with Crippen molar-refractivity contribution in [3.8, 4) is 0 Å². The Kier molecular flexibility index (Phi) is 11.7. The summed E-state index contributed by atoms with van der Waals surface area (Å²) in [7, 11) is 0. The Labute approximate surface area is 175 Å². The standard InChI is InChI=1S/C13H15F.C13H17NO/c1-4-10(5-2)12-7-8-13(14)11(6-3)9-12;1-3-4-5-8-12(2)15-11-13-9-6-7-10-14-13/h4-5,7-9H,1,6H2,2-3H3;3-5,8-10H,1,6-7,11H2,2H3/b10-5+;5-4-,12-8+. The summed E-state index contributed by atoms with van der Waals surface area (Å²) in [6.07, 6.45) is 18.1. The van der Waals surface area contributed by atoms with Crippen LogP contribution < -0.4 is 0 Å². The average Bonchev–Trinajstić information content (AvgIpc) is 2.75. The fourth-order valence-corrected chi connectivity index (χ4v) is 2.59. The molecule has 0 aromatic heterocycles. The van der Waals surface area contributed by atoms with Crippen molar-refractivity contribution in [2.24, 2.45) is 4.99 Å². The Morgan fingerprint density at radius 3 is 2.62 bits per heavy atom. The second-order valence-corrected chi connectivity index (χ2v) is 6.38. The van der Waals surface area contributed by atoms with Gasteiger partial charge in [-0.2, -0.15) is 0 Å². The van der Waals surface area contributed by atoms with Crippen molar-refractivity contribution in [2.75, 3.05) is 6.61 Å². The summed E-state index contributed by atoms with van der Waals surface area (Å²) in [5, 5.41) is 0. The molecule has 0 unspecified atom stereocenters. The quantitative estimate of drug-likeness (QED) is 0.333. The number of hydrogen-bond acceptors (Lipinski definition) is 2. The molecule has 2 nitrogen and oxygen atoms in total. The molecule has 1 aromatic carbocycles. The van der Waals surface area contributed by atoms with Gasteiger partial charge in [0.1, 0.15) is 12.4 Å². The molecule has 0 amide bonds. The summed E-state index contributed by atoms with van der Waals surface area (Å²) in [6, 6.07) is 5.18. The van der Waals surface area contributed by atoms with Crippen molar-refractivity contribution in [2.45, 2.75) is 40.0 Å². The van der Waals surface area contributed by atoms with Gasteiger partial charge in [0.05, 0.1) is 11.5 Å². The van der Waals surface area contributed by atoms with Crippen LogP contribution in [0.15, 0.2) is 90.3 Å². The maximum absolute atomic E-state index is 13.2. The zero-order chi connectivity index (χ0) is 21.5. The molecule has 1 aromatic rings. The highest BCUT2D eigenvalue weighted by Gasteiger charge is 2.03. The Hall–Kier alpha value is -2.94. The van der Waals surface area contributed by atoms with Crippen LogP contribution in [0.5, 0.6) is 0 Å². The molecule has 29 heavy (non-hydrogen) atoms. The van der Waals surface area contributed by atoms with Crippen molar-refractivity contribution in [3.63, 3.8) is 0 Å². The minimum Gasteiger partial charge on any atom is -0.492 e. The summed E-state index contributed by atoms with van der Waals surface area (Å²) in [6.45, 7) is 13.7. The minimum absolute atomic E-state index is 0.129. The smallest absolute Gasteiger partial charge is 0.129 e. The summed E-state index contributed by atoms with van der Waals surface area (Å²) in [5.41, 5.74) is 3.84. The van der Waals surface area contributed by atoms with E-state index >= 15 is 0 Å². The van der Waals surface area contributed by atoms with Crippen LogP contribution in [0.25, 0.3) is 5.57 Å². The van der Waals surface area contributed by atoms with E-state index in [0.29, 0.717) is 13.0 Å². The van der Waals surface area contributed by atoms with Gasteiger partial charge < -0.3 is 4.74 Å². The highest BCUT2D eigenvalue weighted by molar-refractivity contribution is 5.73. The second-order valence-electron chi connectivity index (χ2n) is 6.38. The van der Waals surface area contributed by atoms with E-state index in [2.05, 4.69) is 24.2 Å². The zero-order valence-electron chi connectivity index (χ0n) is 17.8. The summed E-state index contributed by atoms with van der Waals surface area (Å²) >= 11 is 0. The average molecular weight is 394 g/mol. The molecule has 1 aliphatic heterocycles. The predicted octanol–water partition coefficient (Wildman–Crippen LogP) is 7.37. The largest absolute Gasteiger partial charge is 0.492 e. The van der Waals surface area contributed by atoms with Crippen LogP contribution in [0.3, 0.4) is 0 Å². The molecule has 0 spiro atoms.